The maximum Gasteiger partial charge on any atom is 0.340 e. The molecule has 0 saturated heterocycles. The van der Waals surface area contributed by atoms with Gasteiger partial charge in [-0.2, -0.15) is 0 Å². The zero-order valence-corrected chi connectivity index (χ0v) is 23.2. The Labute approximate surface area is 229 Å². The fourth-order valence-electron chi connectivity index (χ4n) is 6.13. The standard InChI is InChI=1S/C32H35NO6/c1-6-39-32(35)30-29(23-13-9-11-20-10-7-8-12-22(20)23)25(14-15-28(34)38-5)33-19(2)16-21-17-26(36-3)27(37-4)18-24(21)31(30)33/h7-13,18-19,26H,6,14-17H2,1-5H3/t19?,26-/m0/s1. The van der Waals surface area contributed by atoms with Crippen LogP contribution in [0.3, 0.4) is 0 Å². The summed E-state index contributed by atoms with van der Waals surface area (Å²) in [4.78, 5) is 26.2. The second kappa shape index (κ2) is 11.1. The third-order valence-corrected chi connectivity index (χ3v) is 7.81. The molecule has 2 aromatic carbocycles. The largest absolute Gasteiger partial charge is 0.498 e. The Morgan fingerprint density at radius 1 is 1.03 bits per heavy atom. The average Bonchev–Trinajstić information content (AvgIpc) is 3.30. The quantitative estimate of drug-likeness (QED) is 0.321. The minimum atomic E-state index is -0.379. The first kappa shape index (κ1) is 26.8. The van der Waals surface area contributed by atoms with Crippen LogP contribution < -0.4 is 0 Å². The van der Waals surface area contributed by atoms with Crippen LogP contribution in [0.15, 0.2) is 59.9 Å². The van der Waals surface area contributed by atoms with Crippen molar-refractivity contribution in [2.24, 2.45) is 0 Å². The van der Waals surface area contributed by atoms with Crippen molar-refractivity contribution in [2.75, 3.05) is 27.9 Å². The fraction of sp³-hybridized carbons (Fsp3) is 0.375. The van der Waals surface area contributed by atoms with E-state index in [1.807, 2.05) is 37.3 Å². The predicted octanol–water partition coefficient (Wildman–Crippen LogP) is 6.26. The molecule has 5 rings (SSSR count). The summed E-state index contributed by atoms with van der Waals surface area (Å²) in [6.45, 7) is 4.23. The van der Waals surface area contributed by atoms with Gasteiger partial charge >= 0.3 is 11.9 Å². The Morgan fingerprint density at radius 2 is 1.79 bits per heavy atom. The first-order valence-electron chi connectivity index (χ1n) is 13.4. The molecule has 0 radical (unpaired) electrons. The zero-order chi connectivity index (χ0) is 27.7. The Bertz CT molecular complexity index is 1490. The molecule has 2 heterocycles. The maximum atomic E-state index is 13.9. The molecule has 1 aliphatic heterocycles. The second-order valence-corrected chi connectivity index (χ2v) is 9.99. The summed E-state index contributed by atoms with van der Waals surface area (Å²) in [7, 11) is 4.73. The molecule has 0 bridgehead atoms. The molecule has 0 fully saturated rings. The van der Waals surface area contributed by atoms with Crippen molar-refractivity contribution in [1.82, 2.24) is 4.57 Å². The number of allylic oxidation sites excluding steroid dienone is 2. The van der Waals surface area contributed by atoms with Crippen LogP contribution >= 0.6 is 0 Å². The van der Waals surface area contributed by atoms with Crippen LogP contribution in [0.4, 0.5) is 0 Å². The number of hydrogen-bond donors (Lipinski definition) is 0. The topological polar surface area (TPSA) is 76.0 Å². The van der Waals surface area contributed by atoms with Gasteiger partial charge in [-0.3, -0.25) is 4.79 Å². The van der Waals surface area contributed by atoms with Crippen LogP contribution in [0.2, 0.25) is 0 Å². The number of carbonyl (C=O) groups excluding carboxylic acids is 2. The van der Waals surface area contributed by atoms with Gasteiger partial charge in [-0.1, -0.05) is 48.0 Å². The third-order valence-electron chi connectivity index (χ3n) is 7.81. The van der Waals surface area contributed by atoms with E-state index in [0.29, 0.717) is 18.4 Å². The molecule has 0 spiro atoms. The van der Waals surface area contributed by atoms with E-state index >= 15 is 0 Å². The highest BCUT2D eigenvalue weighted by Crippen LogP contribution is 2.49. The van der Waals surface area contributed by atoms with E-state index in [1.165, 1.54) is 12.7 Å². The number of nitrogens with zero attached hydrogens (tertiary/aromatic N) is 1. The number of fused-ring (bicyclic) bond motifs is 3. The molecule has 1 aliphatic carbocycles. The van der Waals surface area contributed by atoms with Gasteiger partial charge in [0.05, 0.1) is 38.5 Å². The molecular formula is C32H35NO6. The average molecular weight is 530 g/mol. The Kier molecular flexibility index (Phi) is 7.62. The van der Waals surface area contributed by atoms with E-state index in [-0.39, 0.29) is 37.1 Å². The highest BCUT2D eigenvalue weighted by molar-refractivity contribution is 6.09. The van der Waals surface area contributed by atoms with Gasteiger partial charge in [0.15, 0.2) is 0 Å². The summed E-state index contributed by atoms with van der Waals surface area (Å²) in [5, 5.41) is 2.11. The normalized spacial score (nSPS) is 18.3. The summed E-state index contributed by atoms with van der Waals surface area (Å²) in [5.74, 6) is 0.0458. The molecule has 39 heavy (non-hydrogen) atoms. The van der Waals surface area contributed by atoms with Crippen LogP contribution in [0.1, 0.15) is 60.9 Å². The molecule has 3 aromatic rings. The molecule has 7 heteroatoms. The lowest BCUT2D eigenvalue weighted by Gasteiger charge is -2.34. The molecule has 0 saturated carbocycles. The summed E-state index contributed by atoms with van der Waals surface area (Å²) in [6.07, 6.45) is 3.93. The van der Waals surface area contributed by atoms with Gasteiger partial charge in [-0.15, -0.1) is 0 Å². The highest BCUT2D eigenvalue weighted by atomic mass is 16.5. The van der Waals surface area contributed by atoms with Gasteiger partial charge in [0.25, 0.3) is 0 Å². The molecule has 1 aromatic heterocycles. The van der Waals surface area contributed by atoms with E-state index in [4.69, 9.17) is 18.9 Å². The van der Waals surface area contributed by atoms with E-state index in [0.717, 1.165) is 51.0 Å². The monoisotopic (exact) mass is 529 g/mol. The SMILES string of the molecule is CCOC(=O)c1c(-c2cccc3ccccc23)c(CCC(=O)OC)n2c1C1=C(CC2C)C[C@H](OC)C(OC)=C1. The van der Waals surface area contributed by atoms with Crippen LogP contribution in [0.5, 0.6) is 0 Å². The number of hydrogen-bond acceptors (Lipinski definition) is 6. The molecule has 0 N–H and O–H groups in total. The molecule has 7 nitrogen and oxygen atoms in total. The van der Waals surface area contributed by atoms with Crippen molar-refractivity contribution < 1.29 is 28.5 Å². The Balaban J connectivity index is 1.87. The van der Waals surface area contributed by atoms with Crippen molar-refractivity contribution in [2.45, 2.75) is 51.7 Å². The number of methoxy groups -OCH3 is 3. The number of ether oxygens (including phenoxy) is 4. The first-order valence-corrected chi connectivity index (χ1v) is 13.4. The Morgan fingerprint density at radius 3 is 2.51 bits per heavy atom. The molecular weight excluding hydrogens is 494 g/mol. The number of aromatic nitrogens is 1. The van der Waals surface area contributed by atoms with Crippen LogP contribution in [0, 0.1) is 0 Å². The van der Waals surface area contributed by atoms with Crippen molar-refractivity contribution in [3.05, 3.63) is 76.8 Å². The smallest absolute Gasteiger partial charge is 0.340 e. The molecule has 0 amide bonds. The fourth-order valence-corrected chi connectivity index (χ4v) is 6.13. The van der Waals surface area contributed by atoms with Gasteiger partial charge in [-0.05, 0) is 49.1 Å². The molecule has 2 aliphatic rings. The number of benzene rings is 2. The number of carbonyl (C=O) groups is 2. The van der Waals surface area contributed by atoms with Crippen LogP contribution in [0.25, 0.3) is 27.5 Å². The molecule has 1 unspecified atom stereocenters. The van der Waals surface area contributed by atoms with E-state index < -0.39 is 0 Å². The molecule has 204 valence electrons. The van der Waals surface area contributed by atoms with Crippen LogP contribution in [-0.4, -0.2) is 50.5 Å². The van der Waals surface area contributed by atoms with Crippen LogP contribution in [-0.2, 0) is 30.2 Å². The van der Waals surface area contributed by atoms with E-state index in [1.54, 1.807) is 14.2 Å². The zero-order valence-electron chi connectivity index (χ0n) is 23.2. The lowest BCUT2D eigenvalue weighted by atomic mass is 9.84. The summed E-state index contributed by atoms with van der Waals surface area (Å²) in [6, 6.07) is 14.3. The second-order valence-electron chi connectivity index (χ2n) is 9.99. The van der Waals surface area contributed by atoms with Crippen molar-refractivity contribution in [1.29, 1.82) is 0 Å². The molecule has 2 atom stereocenters. The van der Waals surface area contributed by atoms with Crippen molar-refractivity contribution in [3.63, 3.8) is 0 Å². The summed E-state index contributed by atoms with van der Waals surface area (Å²) >= 11 is 0. The van der Waals surface area contributed by atoms with E-state index in [9.17, 15) is 9.59 Å². The summed E-state index contributed by atoms with van der Waals surface area (Å²) in [5.41, 5.74) is 6.19. The predicted molar refractivity (Wildman–Crippen MR) is 150 cm³/mol. The number of rotatable bonds is 8. The van der Waals surface area contributed by atoms with Gasteiger partial charge in [0, 0.05) is 36.4 Å². The summed E-state index contributed by atoms with van der Waals surface area (Å²) < 4.78 is 24.4. The van der Waals surface area contributed by atoms with Crippen molar-refractivity contribution in [3.8, 4) is 11.1 Å². The van der Waals surface area contributed by atoms with Gasteiger partial charge in [0.2, 0.25) is 0 Å². The Hall–Kier alpha value is -3.84. The highest BCUT2D eigenvalue weighted by Gasteiger charge is 2.38. The van der Waals surface area contributed by atoms with Gasteiger partial charge < -0.3 is 23.5 Å². The minimum absolute atomic E-state index is 0.0540. The number of esters is 2. The lowest BCUT2D eigenvalue weighted by Crippen LogP contribution is -2.26. The first-order chi connectivity index (χ1) is 18.9. The van der Waals surface area contributed by atoms with Crippen molar-refractivity contribution >= 4 is 28.3 Å². The maximum absolute atomic E-state index is 13.9. The van der Waals surface area contributed by atoms with Gasteiger partial charge in [-0.25, -0.2) is 4.79 Å². The third kappa shape index (κ3) is 4.65. The van der Waals surface area contributed by atoms with Gasteiger partial charge in [0.1, 0.15) is 11.9 Å². The minimum Gasteiger partial charge on any atom is -0.498 e. The van der Waals surface area contributed by atoms with E-state index in [2.05, 4.69) is 29.7 Å². The lowest BCUT2D eigenvalue weighted by molar-refractivity contribution is -0.140.